The van der Waals surface area contributed by atoms with Gasteiger partial charge in [-0.1, -0.05) is 24.3 Å². The molecule has 8 heteroatoms. The number of anilines is 1. The summed E-state index contributed by atoms with van der Waals surface area (Å²) in [5, 5.41) is 9.68. The molecular formula is C20H18F5NO2. The van der Waals surface area contributed by atoms with Crippen LogP contribution in [0.1, 0.15) is 29.7 Å². The van der Waals surface area contributed by atoms with Gasteiger partial charge in [0.2, 0.25) is 0 Å². The molecule has 0 saturated carbocycles. The van der Waals surface area contributed by atoms with Gasteiger partial charge in [0.15, 0.2) is 0 Å². The van der Waals surface area contributed by atoms with Crippen LogP contribution in [0, 0.1) is 0 Å². The molecule has 1 aliphatic rings. The first kappa shape index (κ1) is 20.1. The van der Waals surface area contributed by atoms with Gasteiger partial charge in [-0.05, 0) is 42.8 Å². The van der Waals surface area contributed by atoms with Gasteiger partial charge in [0.1, 0.15) is 5.76 Å². The second-order valence-electron chi connectivity index (χ2n) is 6.43. The number of alkyl halides is 5. The zero-order valence-corrected chi connectivity index (χ0v) is 14.8. The Morgan fingerprint density at radius 3 is 2.29 bits per heavy atom. The number of hydrogen-bond acceptors (Lipinski definition) is 3. The van der Waals surface area contributed by atoms with E-state index in [0.717, 1.165) is 12.1 Å². The molecule has 0 aromatic heterocycles. The lowest BCUT2D eigenvalue weighted by Crippen LogP contribution is -2.40. The van der Waals surface area contributed by atoms with Crippen LogP contribution in [0.4, 0.5) is 27.6 Å². The first-order valence-corrected chi connectivity index (χ1v) is 8.54. The van der Waals surface area contributed by atoms with E-state index in [1.807, 2.05) is 0 Å². The monoisotopic (exact) mass is 399 g/mol. The quantitative estimate of drug-likeness (QED) is 0.699. The highest BCUT2D eigenvalue weighted by Gasteiger charge is 2.34. The molecule has 0 aliphatic carbocycles. The molecule has 150 valence electrons. The van der Waals surface area contributed by atoms with Crippen molar-refractivity contribution >= 4 is 11.4 Å². The van der Waals surface area contributed by atoms with Gasteiger partial charge in [-0.2, -0.15) is 22.0 Å². The van der Waals surface area contributed by atoms with E-state index in [-0.39, 0.29) is 12.4 Å². The number of aliphatic hydroxyl groups is 1. The van der Waals surface area contributed by atoms with E-state index in [0.29, 0.717) is 16.8 Å². The molecule has 1 N–H and O–H groups in total. The van der Waals surface area contributed by atoms with Crippen LogP contribution in [-0.2, 0) is 10.9 Å². The Hall–Kier alpha value is -2.61. The Balaban J connectivity index is 2.11. The molecule has 1 heterocycles. The Morgan fingerprint density at radius 1 is 1.07 bits per heavy atom. The van der Waals surface area contributed by atoms with E-state index >= 15 is 0 Å². The topological polar surface area (TPSA) is 32.7 Å². The highest BCUT2D eigenvalue weighted by atomic mass is 19.4. The third-order valence-corrected chi connectivity index (χ3v) is 4.59. The molecule has 0 spiro atoms. The number of aliphatic hydroxyl groups excluding tert-OH is 1. The fraction of sp³-hybridized carbons (Fsp3) is 0.300. The maximum absolute atomic E-state index is 12.9. The number of halogens is 5. The van der Waals surface area contributed by atoms with Gasteiger partial charge in [0.25, 0.3) is 0 Å². The normalized spacial score (nSPS) is 17.9. The fourth-order valence-electron chi connectivity index (χ4n) is 3.29. The molecule has 0 radical (unpaired) electrons. The Bertz CT molecular complexity index is 848. The number of para-hydroxylation sites is 1. The van der Waals surface area contributed by atoms with E-state index < -0.39 is 30.4 Å². The zero-order chi connectivity index (χ0) is 20.5. The van der Waals surface area contributed by atoms with Crippen molar-refractivity contribution in [3.8, 4) is 0 Å². The maximum atomic E-state index is 12.9. The van der Waals surface area contributed by atoms with Crippen LogP contribution in [0.2, 0.25) is 0 Å². The van der Waals surface area contributed by atoms with Gasteiger partial charge in [0, 0.05) is 11.3 Å². The van der Waals surface area contributed by atoms with Gasteiger partial charge in [-0.25, -0.2) is 0 Å². The van der Waals surface area contributed by atoms with Crippen molar-refractivity contribution in [1.82, 2.24) is 0 Å². The summed E-state index contributed by atoms with van der Waals surface area (Å²) in [6, 6.07) is 10.1. The highest BCUT2D eigenvalue weighted by molar-refractivity contribution is 5.78. The minimum Gasteiger partial charge on any atom is -0.434 e. The Labute approximate surface area is 158 Å². The molecule has 1 unspecified atom stereocenters. The van der Waals surface area contributed by atoms with Gasteiger partial charge < -0.3 is 14.7 Å². The average Bonchev–Trinajstić information content (AvgIpc) is 2.66. The minimum absolute atomic E-state index is 0.0584. The summed E-state index contributed by atoms with van der Waals surface area (Å²) in [7, 11) is 0. The highest BCUT2D eigenvalue weighted by Crippen LogP contribution is 2.43. The van der Waals surface area contributed by atoms with Crippen LogP contribution in [0.3, 0.4) is 0 Å². The van der Waals surface area contributed by atoms with E-state index in [1.165, 1.54) is 18.2 Å². The largest absolute Gasteiger partial charge is 0.434 e. The van der Waals surface area contributed by atoms with Crippen LogP contribution in [-0.4, -0.2) is 24.4 Å². The van der Waals surface area contributed by atoms with E-state index in [2.05, 4.69) is 4.74 Å². The second-order valence-corrected chi connectivity index (χ2v) is 6.43. The number of benzene rings is 2. The molecule has 0 fully saturated rings. The molecule has 0 saturated heterocycles. The zero-order valence-electron chi connectivity index (χ0n) is 14.8. The lowest BCUT2D eigenvalue weighted by Gasteiger charge is -2.41. The van der Waals surface area contributed by atoms with Crippen LogP contribution in [0.5, 0.6) is 0 Å². The standard InChI is InChI=1S/C20H18F5NO2/c1-12(11-27)26-16-5-3-2-4-15(16)18(28-19(21)22)10-17(26)13-6-8-14(9-7-13)20(23,24)25/h2-10,12,17,19,27H,11H2,1H3/t12?,17-/m1/s1. The molecular weight excluding hydrogens is 381 g/mol. The number of fused-ring (bicyclic) bond motifs is 1. The van der Waals surface area contributed by atoms with Crippen molar-refractivity contribution in [2.45, 2.75) is 31.8 Å². The molecule has 0 amide bonds. The van der Waals surface area contributed by atoms with Crippen molar-refractivity contribution < 1.29 is 31.8 Å². The minimum atomic E-state index is -4.48. The predicted molar refractivity (Wildman–Crippen MR) is 94.7 cm³/mol. The summed E-state index contributed by atoms with van der Waals surface area (Å²) in [5.41, 5.74) is 0.624. The van der Waals surface area contributed by atoms with Crippen molar-refractivity contribution in [1.29, 1.82) is 0 Å². The third-order valence-electron chi connectivity index (χ3n) is 4.59. The summed E-state index contributed by atoms with van der Waals surface area (Å²) >= 11 is 0. The number of ether oxygens (including phenoxy) is 1. The Morgan fingerprint density at radius 2 is 1.71 bits per heavy atom. The number of rotatable bonds is 5. The number of nitrogens with zero attached hydrogens (tertiary/aromatic N) is 1. The van der Waals surface area contributed by atoms with Crippen molar-refractivity contribution in [3.63, 3.8) is 0 Å². The lowest BCUT2D eigenvalue weighted by molar-refractivity contribution is -0.137. The van der Waals surface area contributed by atoms with Crippen LogP contribution < -0.4 is 4.90 Å². The molecule has 2 aromatic rings. The summed E-state index contributed by atoms with van der Waals surface area (Å²) < 4.78 is 69.1. The Kier molecular flexibility index (Phi) is 5.60. The van der Waals surface area contributed by atoms with Crippen molar-refractivity contribution in [2.75, 3.05) is 11.5 Å². The van der Waals surface area contributed by atoms with Crippen LogP contribution >= 0.6 is 0 Å². The summed E-state index contributed by atoms with van der Waals surface area (Å²) in [6.45, 7) is -1.54. The average molecular weight is 399 g/mol. The van der Waals surface area contributed by atoms with Crippen LogP contribution in [0.15, 0.2) is 54.6 Å². The van der Waals surface area contributed by atoms with Gasteiger partial charge in [-0.15, -0.1) is 0 Å². The van der Waals surface area contributed by atoms with Crippen molar-refractivity contribution in [3.05, 3.63) is 71.3 Å². The molecule has 3 nitrogen and oxygen atoms in total. The fourth-order valence-corrected chi connectivity index (χ4v) is 3.29. The summed E-state index contributed by atoms with van der Waals surface area (Å²) in [4.78, 5) is 1.77. The predicted octanol–water partition coefficient (Wildman–Crippen LogP) is 5.23. The van der Waals surface area contributed by atoms with E-state index in [9.17, 15) is 27.1 Å². The van der Waals surface area contributed by atoms with Crippen molar-refractivity contribution in [2.24, 2.45) is 0 Å². The molecule has 28 heavy (non-hydrogen) atoms. The third kappa shape index (κ3) is 3.96. The lowest BCUT2D eigenvalue weighted by atomic mass is 9.94. The molecule has 3 rings (SSSR count). The van der Waals surface area contributed by atoms with Crippen LogP contribution in [0.25, 0.3) is 5.76 Å². The van der Waals surface area contributed by atoms with Gasteiger partial charge >= 0.3 is 12.8 Å². The summed E-state index contributed by atoms with van der Waals surface area (Å²) in [6.07, 6.45) is -3.04. The molecule has 2 atom stereocenters. The SMILES string of the molecule is CC(CO)N1c2ccccc2C(OC(F)F)=C[C@@H]1c1ccc(C(F)(F)F)cc1. The summed E-state index contributed by atoms with van der Waals surface area (Å²) in [5.74, 6) is -0.0584. The smallest absolute Gasteiger partial charge is 0.416 e. The van der Waals surface area contributed by atoms with Gasteiger partial charge in [-0.3, -0.25) is 0 Å². The molecule has 1 aliphatic heterocycles. The van der Waals surface area contributed by atoms with E-state index in [1.54, 1.807) is 36.1 Å². The first-order chi connectivity index (χ1) is 13.2. The maximum Gasteiger partial charge on any atom is 0.416 e. The van der Waals surface area contributed by atoms with Gasteiger partial charge in [0.05, 0.1) is 24.3 Å². The first-order valence-electron chi connectivity index (χ1n) is 8.54. The second kappa shape index (κ2) is 7.79. The van der Waals surface area contributed by atoms with E-state index in [4.69, 9.17) is 0 Å². The molecule has 0 bridgehead atoms. The number of hydrogen-bond donors (Lipinski definition) is 1. The molecule has 2 aromatic carbocycles.